The van der Waals surface area contributed by atoms with Gasteiger partial charge in [-0.1, -0.05) is 39.2 Å². The fourth-order valence-electron chi connectivity index (χ4n) is 6.46. The maximum absolute atomic E-state index is 2.80. The Balaban J connectivity index is 1.46. The van der Waals surface area contributed by atoms with Gasteiger partial charge in [0.2, 0.25) is 0 Å². The molecule has 29 heavy (non-hydrogen) atoms. The smallest absolute Gasteiger partial charge is 0.0505 e. The highest BCUT2D eigenvalue weighted by Crippen LogP contribution is 2.44. The van der Waals surface area contributed by atoms with Crippen LogP contribution in [0.2, 0.25) is 0 Å². The number of hydrogen-bond acceptors (Lipinski definition) is 2. The Hall–Kier alpha value is -1.32. The zero-order valence-corrected chi connectivity index (χ0v) is 18.6. The van der Waals surface area contributed by atoms with Crippen molar-refractivity contribution in [1.82, 2.24) is 14.4 Å². The highest BCUT2D eigenvalue weighted by Gasteiger charge is 2.34. The first-order chi connectivity index (χ1) is 14.3. The predicted molar refractivity (Wildman–Crippen MR) is 123 cm³/mol. The molecule has 1 fully saturated rings. The molecule has 0 saturated heterocycles. The molecule has 3 aliphatic rings. The Morgan fingerprint density at radius 3 is 2.59 bits per heavy atom. The lowest BCUT2D eigenvalue weighted by molar-refractivity contribution is 0.122. The minimum Gasteiger partial charge on any atom is -0.342 e. The topological polar surface area (TPSA) is 11.4 Å². The van der Waals surface area contributed by atoms with Crippen molar-refractivity contribution in [3.05, 3.63) is 35.0 Å². The number of aryl methyl sites for hydroxylation is 1. The monoisotopic (exact) mass is 393 g/mol. The first-order valence-electron chi connectivity index (χ1n) is 12.4. The lowest BCUT2D eigenvalue weighted by Crippen LogP contribution is -2.43. The fraction of sp³-hybridized carbons (Fsp3) is 0.692. The summed E-state index contributed by atoms with van der Waals surface area (Å²) in [4.78, 5) is 5.38. The molecule has 2 aromatic rings. The molecule has 158 valence electrons. The predicted octanol–water partition coefficient (Wildman–Crippen LogP) is 5.72. The van der Waals surface area contributed by atoms with Gasteiger partial charge in [0.25, 0.3) is 0 Å². The zero-order valence-electron chi connectivity index (χ0n) is 18.6. The van der Waals surface area contributed by atoms with Crippen molar-refractivity contribution in [1.29, 1.82) is 0 Å². The molecule has 2 aliphatic carbocycles. The molecule has 1 saturated carbocycles. The van der Waals surface area contributed by atoms with Crippen LogP contribution in [0.4, 0.5) is 0 Å². The van der Waals surface area contributed by atoms with Gasteiger partial charge in [0.05, 0.1) is 6.04 Å². The molecule has 1 atom stereocenters. The maximum atomic E-state index is 2.80. The second-order valence-electron chi connectivity index (χ2n) is 9.60. The third kappa shape index (κ3) is 3.55. The SMILES string of the molecule is CCN(CC)CCN1CCn2c3c(c4cc(C5CCCCC5)ccc42)CCC[C@H]31. The van der Waals surface area contributed by atoms with E-state index in [4.69, 9.17) is 0 Å². The Morgan fingerprint density at radius 1 is 0.966 bits per heavy atom. The minimum atomic E-state index is 0.647. The molecular formula is C26H39N3. The quantitative estimate of drug-likeness (QED) is 0.621. The van der Waals surface area contributed by atoms with Crippen LogP contribution in [0.3, 0.4) is 0 Å². The van der Waals surface area contributed by atoms with Crippen molar-refractivity contribution in [3.63, 3.8) is 0 Å². The molecular weight excluding hydrogens is 354 g/mol. The molecule has 0 bridgehead atoms. The third-order valence-corrected chi connectivity index (χ3v) is 8.18. The van der Waals surface area contributed by atoms with Gasteiger partial charge in [0.15, 0.2) is 0 Å². The number of hydrogen-bond donors (Lipinski definition) is 0. The Morgan fingerprint density at radius 2 is 1.79 bits per heavy atom. The first-order valence-corrected chi connectivity index (χ1v) is 12.4. The van der Waals surface area contributed by atoms with E-state index >= 15 is 0 Å². The van der Waals surface area contributed by atoms with Crippen LogP contribution < -0.4 is 0 Å². The molecule has 3 heteroatoms. The van der Waals surface area contributed by atoms with Gasteiger partial charge in [0, 0.05) is 42.8 Å². The third-order valence-electron chi connectivity index (χ3n) is 8.18. The molecule has 3 nitrogen and oxygen atoms in total. The Kier molecular flexibility index (Phi) is 5.71. The van der Waals surface area contributed by atoms with Crippen LogP contribution in [-0.4, -0.2) is 47.1 Å². The summed E-state index contributed by atoms with van der Waals surface area (Å²) >= 11 is 0. The van der Waals surface area contributed by atoms with E-state index in [2.05, 4.69) is 46.4 Å². The number of likely N-dealkylation sites (N-methyl/N-ethyl adjacent to an activating group) is 1. The van der Waals surface area contributed by atoms with Gasteiger partial charge in [-0.3, -0.25) is 4.90 Å². The Labute approximate surface area is 177 Å². The van der Waals surface area contributed by atoms with Gasteiger partial charge in [-0.25, -0.2) is 0 Å². The van der Waals surface area contributed by atoms with E-state index < -0.39 is 0 Å². The van der Waals surface area contributed by atoms with Crippen LogP contribution in [0.1, 0.15) is 87.6 Å². The average molecular weight is 394 g/mol. The summed E-state index contributed by atoms with van der Waals surface area (Å²) in [6, 6.07) is 8.19. The summed E-state index contributed by atoms with van der Waals surface area (Å²) in [6.07, 6.45) is 11.1. The van der Waals surface area contributed by atoms with E-state index in [0.717, 1.165) is 5.92 Å². The highest BCUT2D eigenvalue weighted by atomic mass is 15.3. The molecule has 5 rings (SSSR count). The van der Waals surface area contributed by atoms with E-state index in [0.29, 0.717) is 6.04 Å². The van der Waals surface area contributed by atoms with Gasteiger partial charge >= 0.3 is 0 Å². The van der Waals surface area contributed by atoms with Crippen molar-refractivity contribution in [2.45, 2.75) is 83.7 Å². The van der Waals surface area contributed by atoms with Gasteiger partial charge in [-0.2, -0.15) is 0 Å². The molecule has 1 aromatic heterocycles. The standard InChI is InChI=1S/C26H39N3/c1-3-27(4-2)15-16-28-17-18-29-24-14-13-21(20-9-6-5-7-10-20)19-23(24)22-11-8-12-25(28)26(22)29/h13-14,19-20,25H,3-12,15-18H2,1-2H3/t25-/m1/s1. The van der Waals surface area contributed by atoms with Crippen LogP contribution in [0.25, 0.3) is 10.9 Å². The molecule has 0 spiro atoms. The number of nitrogens with zero attached hydrogens (tertiary/aromatic N) is 3. The summed E-state index contributed by atoms with van der Waals surface area (Å²) < 4.78 is 2.70. The van der Waals surface area contributed by atoms with Crippen LogP contribution in [-0.2, 0) is 13.0 Å². The van der Waals surface area contributed by atoms with Crippen LogP contribution >= 0.6 is 0 Å². The lowest BCUT2D eigenvalue weighted by atomic mass is 9.83. The van der Waals surface area contributed by atoms with Gasteiger partial charge < -0.3 is 9.47 Å². The largest absolute Gasteiger partial charge is 0.342 e. The van der Waals surface area contributed by atoms with Crippen molar-refractivity contribution in [2.75, 3.05) is 32.7 Å². The van der Waals surface area contributed by atoms with Crippen LogP contribution in [0.5, 0.6) is 0 Å². The van der Waals surface area contributed by atoms with E-state index in [1.807, 2.05) is 0 Å². The van der Waals surface area contributed by atoms with Crippen molar-refractivity contribution in [3.8, 4) is 0 Å². The fourth-order valence-corrected chi connectivity index (χ4v) is 6.46. The summed E-state index contributed by atoms with van der Waals surface area (Å²) in [5.41, 5.74) is 6.51. The average Bonchev–Trinajstić information content (AvgIpc) is 3.11. The second-order valence-corrected chi connectivity index (χ2v) is 9.60. The van der Waals surface area contributed by atoms with Gasteiger partial charge in [-0.05, 0) is 74.4 Å². The van der Waals surface area contributed by atoms with Crippen molar-refractivity contribution < 1.29 is 0 Å². The summed E-state index contributed by atoms with van der Waals surface area (Å²) in [7, 11) is 0. The number of fused-ring (bicyclic) bond motifs is 3. The zero-order chi connectivity index (χ0) is 19.8. The minimum absolute atomic E-state index is 0.647. The molecule has 1 aliphatic heterocycles. The van der Waals surface area contributed by atoms with Crippen LogP contribution in [0, 0.1) is 0 Å². The van der Waals surface area contributed by atoms with Crippen molar-refractivity contribution >= 4 is 10.9 Å². The van der Waals surface area contributed by atoms with E-state index in [1.54, 1.807) is 22.2 Å². The Bertz CT molecular complexity index is 841. The van der Waals surface area contributed by atoms with Gasteiger partial charge in [0.1, 0.15) is 0 Å². The lowest BCUT2D eigenvalue weighted by Gasteiger charge is -2.40. The van der Waals surface area contributed by atoms with Crippen LogP contribution in [0.15, 0.2) is 18.2 Å². The molecule has 0 radical (unpaired) electrons. The molecule has 0 unspecified atom stereocenters. The van der Waals surface area contributed by atoms with Gasteiger partial charge in [-0.15, -0.1) is 0 Å². The normalized spacial score (nSPS) is 23.1. The number of rotatable bonds is 6. The van der Waals surface area contributed by atoms with Crippen molar-refractivity contribution in [2.24, 2.45) is 0 Å². The summed E-state index contributed by atoms with van der Waals surface area (Å²) in [5, 5.41) is 1.60. The molecule has 1 aromatic carbocycles. The summed E-state index contributed by atoms with van der Waals surface area (Å²) in [6.45, 7) is 11.7. The van der Waals surface area contributed by atoms with E-state index in [1.165, 1.54) is 96.2 Å². The van der Waals surface area contributed by atoms with E-state index in [9.17, 15) is 0 Å². The first kappa shape index (κ1) is 19.6. The maximum Gasteiger partial charge on any atom is 0.0505 e. The highest BCUT2D eigenvalue weighted by molar-refractivity contribution is 5.87. The number of benzene rings is 1. The molecule has 0 N–H and O–H groups in total. The van der Waals surface area contributed by atoms with E-state index in [-0.39, 0.29) is 0 Å². The molecule has 2 heterocycles. The molecule has 0 amide bonds. The summed E-state index contributed by atoms with van der Waals surface area (Å²) in [5.74, 6) is 0.808. The second kappa shape index (κ2) is 8.43. The number of aromatic nitrogens is 1.